The lowest BCUT2D eigenvalue weighted by Crippen LogP contribution is -2.37. The number of guanidine groups is 1. The summed E-state index contributed by atoms with van der Waals surface area (Å²) in [5, 5.41) is 18.6. The van der Waals surface area contributed by atoms with Gasteiger partial charge in [0, 0.05) is 50.5 Å². The van der Waals surface area contributed by atoms with Crippen molar-refractivity contribution in [2.75, 3.05) is 13.6 Å². The van der Waals surface area contributed by atoms with Crippen molar-refractivity contribution in [3.8, 4) is 0 Å². The maximum Gasteiger partial charge on any atom is 0.269 e. The summed E-state index contributed by atoms with van der Waals surface area (Å²) in [6.45, 7) is 2.17. The van der Waals surface area contributed by atoms with Crippen LogP contribution in [0.5, 0.6) is 0 Å². The molecule has 0 fully saturated rings. The fourth-order valence-corrected chi connectivity index (χ4v) is 2.98. The van der Waals surface area contributed by atoms with Gasteiger partial charge in [0.1, 0.15) is 0 Å². The minimum absolute atomic E-state index is 0. The molecule has 3 rings (SSSR count). The zero-order chi connectivity index (χ0) is 19.1. The third kappa shape index (κ3) is 5.69. The number of benzene rings is 2. The van der Waals surface area contributed by atoms with E-state index in [1.54, 1.807) is 19.2 Å². The number of hydrogen-bond acceptors (Lipinski definition) is 3. The number of nitrogens with zero attached hydrogens (tertiary/aromatic N) is 3. The van der Waals surface area contributed by atoms with Crippen molar-refractivity contribution < 1.29 is 4.92 Å². The molecule has 0 aliphatic heterocycles. The second kappa shape index (κ2) is 10.6. The van der Waals surface area contributed by atoms with Crippen LogP contribution >= 0.6 is 24.0 Å². The van der Waals surface area contributed by atoms with Crippen LogP contribution in [0, 0.1) is 10.1 Å². The van der Waals surface area contributed by atoms with Gasteiger partial charge in [-0.1, -0.05) is 30.3 Å². The zero-order valence-electron chi connectivity index (χ0n) is 15.7. The highest BCUT2D eigenvalue weighted by atomic mass is 127. The van der Waals surface area contributed by atoms with Gasteiger partial charge in [-0.3, -0.25) is 15.1 Å². The number of nitro benzene ring substituents is 1. The van der Waals surface area contributed by atoms with Crippen LogP contribution in [0.4, 0.5) is 5.69 Å². The molecular formula is C20H24IN5O2. The lowest BCUT2D eigenvalue weighted by atomic mass is 10.2. The minimum Gasteiger partial charge on any atom is -0.356 e. The van der Waals surface area contributed by atoms with Gasteiger partial charge >= 0.3 is 0 Å². The van der Waals surface area contributed by atoms with Crippen LogP contribution in [-0.2, 0) is 13.1 Å². The van der Waals surface area contributed by atoms with E-state index in [0.29, 0.717) is 12.5 Å². The fraction of sp³-hybridized carbons (Fsp3) is 0.250. The minimum atomic E-state index is -0.387. The molecule has 3 aromatic rings. The van der Waals surface area contributed by atoms with E-state index in [4.69, 9.17) is 0 Å². The number of aromatic nitrogens is 1. The molecule has 0 aliphatic rings. The van der Waals surface area contributed by atoms with Crippen molar-refractivity contribution in [1.82, 2.24) is 15.2 Å². The van der Waals surface area contributed by atoms with Crippen molar-refractivity contribution >= 4 is 46.5 Å². The Labute approximate surface area is 181 Å². The molecule has 1 aromatic heterocycles. The van der Waals surface area contributed by atoms with Gasteiger partial charge in [-0.25, -0.2) is 0 Å². The number of para-hydroxylation sites is 1. The highest BCUT2D eigenvalue weighted by Crippen LogP contribution is 2.15. The largest absolute Gasteiger partial charge is 0.356 e. The molecule has 0 unspecified atom stereocenters. The predicted octanol–water partition coefficient (Wildman–Crippen LogP) is 3.92. The summed E-state index contributed by atoms with van der Waals surface area (Å²) in [4.78, 5) is 14.7. The SMILES string of the molecule is CN=C(NCCCn1ccc2ccccc21)NCc1cccc([N+](=O)[O-])c1.I. The molecule has 148 valence electrons. The number of fused-ring (bicyclic) bond motifs is 1. The molecule has 2 N–H and O–H groups in total. The van der Waals surface area contributed by atoms with E-state index >= 15 is 0 Å². The van der Waals surface area contributed by atoms with E-state index in [0.717, 1.165) is 25.1 Å². The number of nitro groups is 1. The Kier molecular flexibility index (Phi) is 8.24. The topological polar surface area (TPSA) is 84.5 Å². The molecule has 1 heterocycles. The Morgan fingerprint density at radius 2 is 1.96 bits per heavy atom. The Hall–Kier alpha value is -2.62. The molecule has 0 aliphatic carbocycles. The summed E-state index contributed by atoms with van der Waals surface area (Å²) >= 11 is 0. The van der Waals surface area contributed by atoms with E-state index in [9.17, 15) is 10.1 Å². The van der Waals surface area contributed by atoms with Gasteiger partial charge in [-0.2, -0.15) is 0 Å². The second-order valence-corrected chi connectivity index (χ2v) is 6.20. The smallest absolute Gasteiger partial charge is 0.269 e. The van der Waals surface area contributed by atoms with Crippen LogP contribution in [0.15, 0.2) is 65.8 Å². The van der Waals surface area contributed by atoms with Crippen molar-refractivity contribution in [1.29, 1.82) is 0 Å². The van der Waals surface area contributed by atoms with Crippen molar-refractivity contribution in [2.24, 2.45) is 4.99 Å². The highest BCUT2D eigenvalue weighted by molar-refractivity contribution is 14.0. The second-order valence-electron chi connectivity index (χ2n) is 6.20. The van der Waals surface area contributed by atoms with Crippen LogP contribution in [-0.4, -0.2) is 29.0 Å². The van der Waals surface area contributed by atoms with Crippen LogP contribution in [0.2, 0.25) is 0 Å². The lowest BCUT2D eigenvalue weighted by Gasteiger charge is -2.12. The summed E-state index contributed by atoms with van der Waals surface area (Å²) in [6.07, 6.45) is 3.07. The Morgan fingerprint density at radius 3 is 2.75 bits per heavy atom. The monoisotopic (exact) mass is 493 g/mol. The summed E-state index contributed by atoms with van der Waals surface area (Å²) in [5.41, 5.74) is 2.17. The number of hydrogen-bond donors (Lipinski definition) is 2. The molecule has 0 bridgehead atoms. The maximum atomic E-state index is 10.8. The number of rotatable bonds is 7. The van der Waals surface area contributed by atoms with Crippen LogP contribution in [0.1, 0.15) is 12.0 Å². The van der Waals surface area contributed by atoms with E-state index in [1.165, 1.54) is 17.0 Å². The highest BCUT2D eigenvalue weighted by Gasteiger charge is 2.06. The van der Waals surface area contributed by atoms with E-state index in [2.05, 4.69) is 50.7 Å². The maximum absolute atomic E-state index is 10.8. The molecule has 0 radical (unpaired) electrons. The van der Waals surface area contributed by atoms with Crippen molar-refractivity contribution in [2.45, 2.75) is 19.5 Å². The molecule has 0 saturated carbocycles. The number of non-ortho nitro benzene ring substituents is 1. The third-order valence-electron chi connectivity index (χ3n) is 4.35. The van der Waals surface area contributed by atoms with E-state index in [1.807, 2.05) is 12.1 Å². The number of nitrogens with one attached hydrogen (secondary N) is 2. The summed E-state index contributed by atoms with van der Waals surface area (Å²) in [7, 11) is 1.71. The molecule has 0 amide bonds. The number of aliphatic imine (C=N–C) groups is 1. The van der Waals surface area contributed by atoms with Gasteiger partial charge in [0.2, 0.25) is 0 Å². The quantitative estimate of drug-likeness (QED) is 0.131. The van der Waals surface area contributed by atoms with Gasteiger partial charge < -0.3 is 15.2 Å². The summed E-state index contributed by atoms with van der Waals surface area (Å²) < 4.78 is 2.25. The van der Waals surface area contributed by atoms with E-state index in [-0.39, 0.29) is 34.6 Å². The van der Waals surface area contributed by atoms with Gasteiger partial charge in [0.25, 0.3) is 5.69 Å². The van der Waals surface area contributed by atoms with Crippen molar-refractivity contribution in [3.05, 3.63) is 76.5 Å². The average Bonchev–Trinajstić information content (AvgIpc) is 3.11. The number of aryl methyl sites for hydroxylation is 1. The molecule has 2 aromatic carbocycles. The third-order valence-corrected chi connectivity index (χ3v) is 4.35. The summed E-state index contributed by atoms with van der Waals surface area (Å²) in [6, 6.07) is 17.1. The molecule has 7 nitrogen and oxygen atoms in total. The average molecular weight is 493 g/mol. The Morgan fingerprint density at radius 1 is 1.14 bits per heavy atom. The first-order valence-corrected chi connectivity index (χ1v) is 8.89. The predicted molar refractivity (Wildman–Crippen MR) is 123 cm³/mol. The van der Waals surface area contributed by atoms with Gasteiger partial charge in [0.15, 0.2) is 5.96 Å². The van der Waals surface area contributed by atoms with Gasteiger partial charge in [-0.05, 0) is 29.5 Å². The molecule has 0 saturated heterocycles. The molecule has 0 atom stereocenters. The first kappa shape index (κ1) is 21.7. The molecule has 28 heavy (non-hydrogen) atoms. The standard InChI is InChI=1S/C20H23N5O2.HI/c1-21-20(23-15-16-6-4-8-18(14-16)25(26)27)22-11-5-12-24-13-10-17-7-2-3-9-19(17)24;/h2-4,6-10,13-14H,5,11-12,15H2,1H3,(H2,21,22,23);1H. The Balaban J connectivity index is 0.00000280. The zero-order valence-corrected chi connectivity index (χ0v) is 18.0. The first-order chi connectivity index (χ1) is 13.2. The molecule has 8 heteroatoms. The van der Waals surface area contributed by atoms with Gasteiger partial charge in [0.05, 0.1) is 4.92 Å². The molecular weight excluding hydrogens is 469 g/mol. The first-order valence-electron chi connectivity index (χ1n) is 8.89. The Bertz CT molecular complexity index is 954. The molecule has 0 spiro atoms. The normalized spacial score (nSPS) is 11.1. The van der Waals surface area contributed by atoms with Gasteiger partial charge in [-0.15, -0.1) is 24.0 Å². The van der Waals surface area contributed by atoms with Crippen LogP contribution in [0.3, 0.4) is 0 Å². The van der Waals surface area contributed by atoms with Crippen molar-refractivity contribution in [3.63, 3.8) is 0 Å². The lowest BCUT2D eigenvalue weighted by molar-refractivity contribution is -0.384. The fourth-order valence-electron chi connectivity index (χ4n) is 2.98. The summed E-state index contributed by atoms with van der Waals surface area (Å²) in [5.74, 6) is 0.680. The van der Waals surface area contributed by atoms with Crippen LogP contribution < -0.4 is 10.6 Å². The number of halogens is 1. The van der Waals surface area contributed by atoms with E-state index < -0.39 is 0 Å². The van der Waals surface area contributed by atoms with Crippen LogP contribution in [0.25, 0.3) is 10.9 Å².